The lowest BCUT2D eigenvalue weighted by atomic mass is 9.95. The van der Waals surface area contributed by atoms with E-state index < -0.39 is 0 Å². The minimum Gasteiger partial charge on any atom is -0.327 e. The molecule has 20 heavy (non-hydrogen) atoms. The monoisotopic (exact) mass is 271 g/mol. The molecule has 0 radical (unpaired) electrons. The highest BCUT2D eigenvalue weighted by Gasteiger charge is 2.09. The lowest BCUT2D eigenvalue weighted by Crippen LogP contribution is -2.26. The quantitative estimate of drug-likeness (QED) is 0.897. The second-order valence-electron chi connectivity index (χ2n) is 5.66. The lowest BCUT2D eigenvalue weighted by molar-refractivity contribution is 0.616. The largest absolute Gasteiger partial charge is 0.327 e. The highest BCUT2D eigenvalue weighted by Crippen LogP contribution is 2.15. The van der Waals surface area contributed by atoms with Gasteiger partial charge in [-0.1, -0.05) is 24.3 Å². The van der Waals surface area contributed by atoms with E-state index in [0.717, 1.165) is 17.5 Å². The van der Waals surface area contributed by atoms with Gasteiger partial charge in [0.05, 0.1) is 0 Å². The summed E-state index contributed by atoms with van der Waals surface area (Å²) in [6.45, 7) is 6.22. The Morgan fingerprint density at radius 2 is 1.60 bits per heavy atom. The van der Waals surface area contributed by atoms with Gasteiger partial charge in [-0.05, 0) is 73.6 Å². The molecule has 1 nitrogen and oxygen atoms in total. The summed E-state index contributed by atoms with van der Waals surface area (Å²) >= 11 is 0. The van der Waals surface area contributed by atoms with Crippen LogP contribution in [0.4, 0.5) is 4.39 Å². The maximum atomic E-state index is 13.3. The topological polar surface area (TPSA) is 26.0 Å². The minimum absolute atomic E-state index is 0.0117. The Labute approximate surface area is 120 Å². The fraction of sp³-hybridized carbons (Fsp3) is 0.333. The first kappa shape index (κ1) is 14.7. The Balaban J connectivity index is 2.06. The third kappa shape index (κ3) is 3.67. The van der Waals surface area contributed by atoms with E-state index in [4.69, 9.17) is 5.73 Å². The number of aryl methyl sites for hydroxylation is 3. The van der Waals surface area contributed by atoms with Crippen LogP contribution in [0.1, 0.15) is 27.8 Å². The summed E-state index contributed by atoms with van der Waals surface area (Å²) in [5, 5.41) is 0. The molecule has 0 saturated carbocycles. The van der Waals surface area contributed by atoms with Gasteiger partial charge in [0.25, 0.3) is 0 Å². The molecule has 0 bridgehead atoms. The van der Waals surface area contributed by atoms with Crippen molar-refractivity contribution >= 4 is 0 Å². The highest BCUT2D eigenvalue weighted by molar-refractivity contribution is 5.31. The molecule has 2 N–H and O–H groups in total. The van der Waals surface area contributed by atoms with Gasteiger partial charge in [-0.15, -0.1) is 0 Å². The number of rotatable bonds is 4. The molecule has 1 atom stereocenters. The van der Waals surface area contributed by atoms with E-state index in [9.17, 15) is 4.39 Å². The molecule has 2 heteroatoms. The van der Waals surface area contributed by atoms with Crippen molar-refractivity contribution in [2.45, 2.75) is 39.7 Å². The average Bonchev–Trinajstić information content (AvgIpc) is 2.38. The zero-order valence-electron chi connectivity index (χ0n) is 12.4. The molecule has 2 aromatic rings. The Morgan fingerprint density at radius 1 is 0.900 bits per heavy atom. The summed E-state index contributed by atoms with van der Waals surface area (Å²) in [4.78, 5) is 0. The Bertz CT molecular complexity index is 604. The molecule has 0 aromatic heterocycles. The van der Waals surface area contributed by atoms with Crippen molar-refractivity contribution in [2.24, 2.45) is 5.73 Å². The van der Waals surface area contributed by atoms with Crippen LogP contribution in [0.15, 0.2) is 36.4 Å². The van der Waals surface area contributed by atoms with Crippen LogP contribution in [0.3, 0.4) is 0 Å². The number of hydrogen-bond acceptors (Lipinski definition) is 1. The molecule has 0 aliphatic carbocycles. The van der Waals surface area contributed by atoms with Crippen molar-refractivity contribution in [1.29, 1.82) is 0 Å². The molecule has 0 saturated heterocycles. The summed E-state index contributed by atoms with van der Waals surface area (Å²) < 4.78 is 13.3. The molecule has 0 heterocycles. The van der Waals surface area contributed by atoms with Gasteiger partial charge in [0.1, 0.15) is 5.82 Å². The first-order valence-corrected chi connectivity index (χ1v) is 7.02. The van der Waals surface area contributed by atoms with Crippen LogP contribution in [0.5, 0.6) is 0 Å². The average molecular weight is 271 g/mol. The van der Waals surface area contributed by atoms with Crippen molar-refractivity contribution in [1.82, 2.24) is 0 Å². The summed E-state index contributed by atoms with van der Waals surface area (Å²) in [5.41, 5.74) is 12.2. The summed E-state index contributed by atoms with van der Waals surface area (Å²) in [5.74, 6) is -0.191. The van der Waals surface area contributed by atoms with Crippen LogP contribution in [0.25, 0.3) is 0 Å². The van der Waals surface area contributed by atoms with Gasteiger partial charge in [0, 0.05) is 6.04 Å². The summed E-state index contributed by atoms with van der Waals surface area (Å²) in [6, 6.07) is 11.4. The lowest BCUT2D eigenvalue weighted by Gasteiger charge is -2.14. The van der Waals surface area contributed by atoms with Crippen LogP contribution in [-0.4, -0.2) is 6.04 Å². The van der Waals surface area contributed by atoms with E-state index in [-0.39, 0.29) is 11.9 Å². The predicted molar refractivity (Wildman–Crippen MR) is 82.4 cm³/mol. The molecule has 0 aliphatic rings. The molecule has 2 rings (SSSR count). The van der Waals surface area contributed by atoms with Gasteiger partial charge in [-0.3, -0.25) is 0 Å². The van der Waals surface area contributed by atoms with Crippen molar-refractivity contribution in [3.05, 3.63) is 70.0 Å². The standard InChI is InChI=1S/C18H22FN/c1-12-4-6-15(8-14(12)3)9-18(20)11-16-10-17(19)7-5-13(16)2/h4-8,10,18H,9,11,20H2,1-3H3. The van der Waals surface area contributed by atoms with Gasteiger partial charge in [0.2, 0.25) is 0 Å². The molecule has 0 spiro atoms. The molecule has 0 fully saturated rings. The van der Waals surface area contributed by atoms with Crippen LogP contribution in [0, 0.1) is 26.6 Å². The van der Waals surface area contributed by atoms with Gasteiger partial charge in [-0.25, -0.2) is 4.39 Å². The number of hydrogen-bond donors (Lipinski definition) is 1. The number of nitrogens with two attached hydrogens (primary N) is 1. The fourth-order valence-corrected chi connectivity index (χ4v) is 2.45. The van der Waals surface area contributed by atoms with Gasteiger partial charge >= 0.3 is 0 Å². The molecule has 2 aromatic carbocycles. The third-order valence-electron chi connectivity index (χ3n) is 3.86. The summed E-state index contributed by atoms with van der Waals surface area (Å²) in [7, 11) is 0. The van der Waals surface area contributed by atoms with Crippen LogP contribution < -0.4 is 5.73 Å². The third-order valence-corrected chi connectivity index (χ3v) is 3.86. The first-order chi connectivity index (χ1) is 9.45. The normalized spacial score (nSPS) is 12.4. The zero-order valence-corrected chi connectivity index (χ0v) is 12.4. The van der Waals surface area contributed by atoms with Gasteiger partial charge in [-0.2, -0.15) is 0 Å². The van der Waals surface area contributed by atoms with Crippen molar-refractivity contribution in [3.63, 3.8) is 0 Å². The van der Waals surface area contributed by atoms with E-state index in [2.05, 4.69) is 32.0 Å². The molecule has 1 unspecified atom stereocenters. The highest BCUT2D eigenvalue weighted by atomic mass is 19.1. The second kappa shape index (κ2) is 6.19. The second-order valence-corrected chi connectivity index (χ2v) is 5.66. The van der Waals surface area contributed by atoms with Gasteiger partial charge < -0.3 is 5.73 Å². The fourth-order valence-electron chi connectivity index (χ4n) is 2.45. The molecule has 106 valence electrons. The number of halogens is 1. The maximum Gasteiger partial charge on any atom is 0.123 e. The Kier molecular flexibility index (Phi) is 4.56. The van der Waals surface area contributed by atoms with Crippen molar-refractivity contribution < 1.29 is 4.39 Å². The first-order valence-electron chi connectivity index (χ1n) is 7.02. The van der Waals surface area contributed by atoms with E-state index >= 15 is 0 Å². The minimum atomic E-state index is -0.191. The maximum absolute atomic E-state index is 13.3. The molecular formula is C18H22FN. The molecular weight excluding hydrogens is 249 g/mol. The smallest absolute Gasteiger partial charge is 0.123 e. The predicted octanol–water partition coefficient (Wildman–Crippen LogP) is 3.86. The van der Waals surface area contributed by atoms with Crippen LogP contribution >= 0.6 is 0 Å². The van der Waals surface area contributed by atoms with Crippen LogP contribution in [-0.2, 0) is 12.8 Å². The Morgan fingerprint density at radius 3 is 2.30 bits per heavy atom. The molecule has 0 aliphatic heterocycles. The zero-order chi connectivity index (χ0) is 14.7. The van der Waals surface area contributed by atoms with E-state index in [1.165, 1.54) is 22.8 Å². The Hall–Kier alpha value is -1.67. The summed E-state index contributed by atoms with van der Waals surface area (Å²) in [6.07, 6.45) is 1.52. The van der Waals surface area contributed by atoms with E-state index in [0.29, 0.717) is 6.42 Å². The number of benzene rings is 2. The van der Waals surface area contributed by atoms with Crippen LogP contribution in [0.2, 0.25) is 0 Å². The SMILES string of the molecule is Cc1ccc(CC(N)Cc2cc(F)ccc2C)cc1C. The van der Waals surface area contributed by atoms with Crippen molar-refractivity contribution in [3.8, 4) is 0 Å². The van der Waals surface area contributed by atoms with E-state index in [1.54, 1.807) is 6.07 Å². The van der Waals surface area contributed by atoms with E-state index in [1.807, 2.05) is 13.0 Å². The molecule has 0 amide bonds. The van der Waals surface area contributed by atoms with Crippen molar-refractivity contribution in [2.75, 3.05) is 0 Å². The van der Waals surface area contributed by atoms with Gasteiger partial charge in [0.15, 0.2) is 0 Å².